The van der Waals surface area contributed by atoms with Crippen LogP contribution in [-0.2, 0) is 11.3 Å². The molecule has 0 aliphatic carbocycles. The van der Waals surface area contributed by atoms with E-state index >= 15 is 0 Å². The first-order valence-electron chi connectivity index (χ1n) is 6.34. The van der Waals surface area contributed by atoms with E-state index < -0.39 is 0 Å². The van der Waals surface area contributed by atoms with Gasteiger partial charge in [-0.1, -0.05) is 12.1 Å². The number of benzene rings is 1. The first kappa shape index (κ1) is 12.4. The summed E-state index contributed by atoms with van der Waals surface area (Å²) in [5.74, 6) is 0.897. The Morgan fingerprint density at radius 2 is 2.24 bits per heavy atom. The van der Waals surface area contributed by atoms with Crippen molar-refractivity contribution in [1.82, 2.24) is 5.32 Å². The Labute approximate surface area is 103 Å². The summed E-state index contributed by atoms with van der Waals surface area (Å²) >= 11 is 0. The van der Waals surface area contributed by atoms with Crippen LogP contribution in [0.3, 0.4) is 0 Å². The van der Waals surface area contributed by atoms with E-state index in [1.807, 2.05) is 18.2 Å². The van der Waals surface area contributed by atoms with E-state index in [0.29, 0.717) is 12.7 Å². The molecule has 1 aromatic rings. The minimum absolute atomic E-state index is 0.399. The van der Waals surface area contributed by atoms with Crippen molar-refractivity contribution in [1.29, 1.82) is 0 Å². The van der Waals surface area contributed by atoms with E-state index in [-0.39, 0.29) is 0 Å². The van der Waals surface area contributed by atoms with E-state index in [9.17, 15) is 0 Å². The Kier molecular flexibility index (Phi) is 4.83. The van der Waals surface area contributed by atoms with Gasteiger partial charge in [0, 0.05) is 0 Å². The molecule has 0 saturated carbocycles. The molecule has 1 aromatic carbocycles. The van der Waals surface area contributed by atoms with Crippen molar-refractivity contribution in [2.75, 3.05) is 20.2 Å². The first-order chi connectivity index (χ1) is 8.38. The van der Waals surface area contributed by atoms with Gasteiger partial charge in [0.25, 0.3) is 0 Å². The average Bonchev–Trinajstić information content (AvgIpc) is 2.65. The number of nitrogens with one attached hydrogen (secondary N) is 1. The molecule has 1 N–H and O–H groups in total. The Morgan fingerprint density at radius 3 is 3.12 bits per heavy atom. The maximum Gasteiger partial charge on any atom is 0.119 e. The fraction of sp³-hybridized carbons (Fsp3) is 0.571. The van der Waals surface area contributed by atoms with Gasteiger partial charge >= 0.3 is 0 Å². The van der Waals surface area contributed by atoms with Crippen molar-refractivity contribution in [2.45, 2.75) is 32.0 Å². The van der Waals surface area contributed by atoms with Crippen LogP contribution >= 0.6 is 0 Å². The molecule has 0 radical (unpaired) electrons. The molecule has 3 nitrogen and oxygen atoms in total. The highest BCUT2D eigenvalue weighted by molar-refractivity contribution is 5.27. The van der Waals surface area contributed by atoms with Crippen molar-refractivity contribution >= 4 is 0 Å². The molecule has 1 saturated heterocycles. The zero-order valence-corrected chi connectivity index (χ0v) is 10.4. The predicted molar refractivity (Wildman–Crippen MR) is 68.3 cm³/mol. The highest BCUT2D eigenvalue weighted by Crippen LogP contribution is 2.16. The third-order valence-corrected chi connectivity index (χ3v) is 3.14. The third kappa shape index (κ3) is 4.02. The molecule has 1 heterocycles. The van der Waals surface area contributed by atoms with Crippen LogP contribution in [-0.4, -0.2) is 26.3 Å². The zero-order chi connectivity index (χ0) is 11.9. The van der Waals surface area contributed by atoms with Crippen LogP contribution in [0.1, 0.15) is 24.8 Å². The SMILES string of the molecule is COc1cccc(COC2CCCNCC2)c1. The second-order valence-corrected chi connectivity index (χ2v) is 4.47. The molecule has 0 bridgehead atoms. The fourth-order valence-corrected chi connectivity index (χ4v) is 2.13. The molecule has 1 unspecified atom stereocenters. The van der Waals surface area contributed by atoms with E-state index in [1.165, 1.54) is 12.0 Å². The van der Waals surface area contributed by atoms with E-state index in [1.54, 1.807) is 7.11 Å². The number of hydrogen-bond donors (Lipinski definition) is 1. The van der Waals surface area contributed by atoms with Gasteiger partial charge in [0.1, 0.15) is 5.75 Å². The van der Waals surface area contributed by atoms with Crippen LogP contribution in [0.25, 0.3) is 0 Å². The summed E-state index contributed by atoms with van der Waals surface area (Å²) in [5, 5.41) is 3.39. The smallest absolute Gasteiger partial charge is 0.119 e. The summed E-state index contributed by atoms with van der Waals surface area (Å²) in [6.07, 6.45) is 3.89. The summed E-state index contributed by atoms with van der Waals surface area (Å²) in [5.41, 5.74) is 1.18. The Hall–Kier alpha value is -1.06. The van der Waals surface area contributed by atoms with Crippen LogP contribution in [0.15, 0.2) is 24.3 Å². The fourth-order valence-electron chi connectivity index (χ4n) is 2.13. The quantitative estimate of drug-likeness (QED) is 0.869. The van der Waals surface area contributed by atoms with Gasteiger partial charge in [-0.2, -0.15) is 0 Å². The second-order valence-electron chi connectivity index (χ2n) is 4.47. The highest BCUT2D eigenvalue weighted by Gasteiger charge is 2.12. The summed E-state index contributed by atoms with van der Waals surface area (Å²) < 4.78 is 11.2. The lowest BCUT2D eigenvalue weighted by molar-refractivity contribution is 0.0330. The molecule has 1 fully saturated rings. The summed E-state index contributed by atoms with van der Waals surface area (Å²) in [6.45, 7) is 2.88. The van der Waals surface area contributed by atoms with Gasteiger partial charge in [0.05, 0.1) is 19.8 Å². The number of rotatable bonds is 4. The minimum atomic E-state index is 0.399. The van der Waals surface area contributed by atoms with E-state index in [2.05, 4.69) is 11.4 Å². The average molecular weight is 235 g/mol. The summed E-state index contributed by atoms with van der Waals surface area (Å²) in [7, 11) is 1.69. The summed E-state index contributed by atoms with van der Waals surface area (Å²) in [6, 6.07) is 8.08. The van der Waals surface area contributed by atoms with Crippen LogP contribution < -0.4 is 10.1 Å². The van der Waals surface area contributed by atoms with Gasteiger partial charge in [0.15, 0.2) is 0 Å². The molecule has 0 amide bonds. The van der Waals surface area contributed by atoms with Gasteiger partial charge in [-0.15, -0.1) is 0 Å². The first-order valence-corrected chi connectivity index (χ1v) is 6.34. The molecule has 1 aliphatic heterocycles. The van der Waals surface area contributed by atoms with Crippen LogP contribution in [0, 0.1) is 0 Å². The lowest BCUT2D eigenvalue weighted by Gasteiger charge is -2.15. The predicted octanol–water partition coefficient (Wildman–Crippen LogP) is 2.35. The van der Waals surface area contributed by atoms with Crippen molar-refractivity contribution in [2.24, 2.45) is 0 Å². The van der Waals surface area contributed by atoms with Crippen molar-refractivity contribution in [3.05, 3.63) is 29.8 Å². The summed E-state index contributed by atoms with van der Waals surface area (Å²) in [4.78, 5) is 0. The number of methoxy groups -OCH3 is 1. The van der Waals surface area contributed by atoms with Crippen LogP contribution in [0.4, 0.5) is 0 Å². The highest BCUT2D eigenvalue weighted by atomic mass is 16.5. The van der Waals surface area contributed by atoms with Gasteiger partial charge in [-0.3, -0.25) is 0 Å². The van der Waals surface area contributed by atoms with E-state index in [0.717, 1.165) is 31.7 Å². The van der Waals surface area contributed by atoms with Crippen molar-refractivity contribution in [3.8, 4) is 5.75 Å². The van der Waals surface area contributed by atoms with Crippen molar-refractivity contribution < 1.29 is 9.47 Å². The van der Waals surface area contributed by atoms with Gasteiger partial charge in [-0.05, 0) is 50.0 Å². The topological polar surface area (TPSA) is 30.5 Å². The Bertz CT molecular complexity index is 333. The molecule has 0 spiro atoms. The third-order valence-electron chi connectivity index (χ3n) is 3.14. The number of hydrogen-bond acceptors (Lipinski definition) is 3. The van der Waals surface area contributed by atoms with Gasteiger partial charge in [-0.25, -0.2) is 0 Å². The molecule has 94 valence electrons. The molecule has 2 rings (SSSR count). The molecular formula is C14H21NO2. The number of ether oxygens (including phenoxy) is 2. The molecule has 1 atom stereocenters. The standard InChI is InChI=1S/C14H21NO2/c1-16-14-5-2-4-12(10-14)11-17-13-6-3-8-15-9-7-13/h2,4-5,10,13,15H,3,6-9,11H2,1H3. The van der Waals surface area contributed by atoms with E-state index in [4.69, 9.17) is 9.47 Å². The van der Waals surface area contributed by atoms with Gasteiger partial charge in [0.2, 0.25) is 0 Å². The van der Waals surface area contributed by atoms with Gasteiger partial charge < -0.3 is 14.8 Å². The van der Waals surface area contributed by atoms with Crippen molar-refractivity contribution in [3.63, 3.8) is 0 Å². The lowest BCUT2D eigenvalue weighted by atomic mass is 10.1. The molecule has 0 aromatic heterocycles. The normalized spacial score (nSPS) is 20.9. The molecular weight excluding hydrogens is 214 g/mol. The van der Waals surface area contributed by atoms with Crippen LogP contribution in [0.2, 0.25) is 0 Å². The zero-order valence-electron chi connectivity index (χ0n) is 10.4. The molecule has 3 heteroatoms. The maximum atomic E-state index is 5.95. The monoisotopic (exact) mass is 235 g/mol. The minimum Gasteiger partial charge on any atom is -0.497 e. The molecule has 17 heavy (non-hydrogen) atoms. The largest absolute Gasteiger partial charge is 0.497 e. The van der Waals surface area contributed by atoms with Crippen LogP contribution in [0.5, 0.6) is 5.75 Å². The Morgan fingerprint density at radius 1 is 1.29 bits per heavy atom. The lowest BCUT2D eigenvalue weighted by Crippen LogP contribution is -2.17. The molecule has 1 aliphatic rings. The Balaban J connectivity index is 1.83. The maximum absolute atomic E-state index is 5.95. The second kappa shape index (κ2) is 6.62.